The van der Waals surface area contributed by atoms with Crippen molar-refractivity contribution in [1.29, 1.82) is 0 Å². The van der Waals surface area contributed by atoms with Crippen LogP contribution in [-0.4, -0.2) is 47.4 Å². The van der Waals surface area contributed by atoms with E-state index in [1.807, 2.05) is 0 Å². The third kappa shape index (κ3) is 63.6. The molecular weight excluding hydrogens is 947 g/mol. The number of carbonyl (C=O) groups excluding carboxylic acids is 2. The quantitative estimate of drug-likeness (QED) is 0.0320. The number of allylic oxidation sites excluding steroid dienone is 2. The molecule has 77 heavy (non-hydrogen) atoms. The summed E-state index contributed by atoms with van der Waals surface area (Å²) in [7, 11) is 0. The summed E-state index contributed by atoms with van der Waals surface area (Å²) in [5, 5.41) is 23.4. The van der Waals surface area contributed by atoms with E-state index < -0.39 is 12.1 Å². The molecule has 2 unspecified atom stereocenters. The van der Waals surface area contributed by atoms with E-state index in [1.165, 1.54) is 327 Å². The van der Waals surface area contributed by atoms with Crippen molar-refractivity contribution in [2.75, 3.05) is 13.2 Å². The van der Waals surface area contributed by atoms with Crippen molar-refractivity contribution in [2.45, 2.75) is 418 Å². The van der Waals surface area contributed by atoms with Crippen LogP contribution in [0.2, 0.25) is 0 Å². The highest BCUT2D eigenvalue weighted by molar-refractivity contribution is 5.76. The minimum absolute atomic E-state index is 0.00734. The predicted molar refractivity (Wildman–Crippen MR) is 338 cm³/mol. The summed E-state index contributed by atoms with van der Waals surface area (Å²) in [5.41, 5.74) is 0. The summed E-state index contributed by atoms with van der Waals surface area (Å²) in [5.74, 6) is -0.0213. The van der Waals surface area contributed by atoms with Gasteiger partial charge in [-0.25, -0.2) is 0 Å². The van der Waals surface area contributed by atoms with E-state index in [4.69, 9.17) is 4.74 Å². The molecule has 0 spiro atoms. The maximum absolute atomic E-state index is 12.6. The van der Waals surface area contributed by atoms with Gasteiger partial charge in [-0.05, 0) is 51.4 Å². The van der Waals surface area contributed by atoms with Crippen molar-refractivity contribution in [2.24, 2.45) is 0 Å². The van der Waals surface area contributed by atoms with E-state index in [1.54, 1.807) is 0 Å². The number of hydrogen-bond acceptors (Lipinski definition) is 5. The molecule has 2 atom stereocenters. The molecule has 6 nitrogen and oxygen atoms in total. The van der Waals surface area contributed by atoms with Gasteiger partial charge in [-0.15, -0.1) is 0 Å². The molecule has 0 saturated carbocycles. The summed E-state index contributed by atoms with van der Waals surface area (Å²) in [6, 6.07) is -0.541. The number of esters is 1. The Morgan fingerprint density at radius 3 is 0.935 bits per heavy atom. The third-order valence-corrected chi connectivity index (χ3v) is 16.8. The van der Waals surface area contributed by atoms with Crippen LogP contribution in [0.3, 0.4) is 0 Å². The summed E-state index contributed by atoms with van der Waals surface area (Å²) in [6.45, 7) is 4.98. The first kappa shape index (κ1) is 75.6. The first-order chi connectivity index (χ1) is 38.0. The second-order valence-corrected chi connectivity index (χ2v) is 24.6. The Labute approximate surface area is 482 Å². The van der Waals surface area contributed by atoms with Gasteiger partial charge in [0.1, 0.15) is 0 Å². The molecule has 0 aliphatic carbocycles. The number of hydrogen-bond donors (Lipinski definition) is 3. The number of amides is 1. The van der Waals surface area contributed by atoms with Crippen molar-refractivity contribution >= 4 is 11.9 Å². The maximum Gasteiger partial charge on any atom is 0.305 e. The zero-order valence-electron chi connectivity index (χ0n) is 52.5. The van der Waals surface area contributed by atoms with Gasteiger partial charge in [0.2, 0.25) is 5.91 Å². The van der Waals surface area contributed by atoms with E-state index >= 15 is 0 Å². The van der Waals surface area contributed by atoms with E-state index in [2.05, 4.69) is 31.3 Å². The average molecular weight is 1090 g/mol. The van der Waals surface area contributed by atoms with Gasteiger partial charge in [0, 0.05) is 12.8 Å². The SMILES string of the molecule is CCCCCC/C=C\CCCCCCCC(=O)OCCCCCCCCCCCCCCCCCCCCCCCCCCC(=O)NC(CO)C(O)CCCCCCCCCCCCCCCCCCCCCCCCC. The van der Waals surface area contributed by atoms with Gasteiger partial charge >= 0.3 is 5.97 Å². The fraction of sp³-hybridized carbons (Fsp3) is 0.944. The molecule has 3 N–H and O–H groups in total. The summed E-state index contributed by atoms with van der Waals surface area (Å²) in [4.78, 5) is 24.6. The van der Waals surface area contributed by atoms with Crippen LogP contribution in [0.25, 0.3) is 0 Å². The van der Waals surface area contributed by atoms with Crippen LogP contribution in [0.4, 0.5) is 0 Å². The smallest absolute Gasteiger partial charge is 0.305 e. The molecule has 0 rings (SSSR count). The summed E-state index contributed by atoms with van der Waals surface area (Å²) < 4.78 is 5.48. The molecule has 0 aromatic rings. The molecule has 0 radical (unpaired) electrons. The molecule has 0 heterocycles. The van der Waals surface area contributed by atoms with Crippen molar-refractivity contribution < 1.29 is 24.5 Å². The predicted octanol–water partition coefficient (Wildman–Crippen LogP) is 22.8. The summed E-state index contributed by atoms with van der Waals surface area (Å²) in [6.07, 6.45) is 82.6. The zero-order chi connectivity index (χ0) is 55.7. The largest absolute Gasteiger partial charge is 0.466 e. The van der Waals surface area contributed by atoms with Gasteiger partial charge < -0.3 is 20.3 Å². The van der Waals surface area contributed by atoms with Crippen LogP contribution in [0.15, 0.2) is 12.2 Å². The van der Waals surface area contributed by atoms with E-state index in [0.29, 0.717) is 25.9 Å². The van der Waals surface area contributed by atoms with Crippen molar-refractivity contribution in [1.82, 2.24) is 5.32 Å². The molecule has 0 aliphatic rings. The van der Waals surface area contributed by atoms with Crippen LogP contribution >= 0.6 is 0 Å². The number of nitrogens with one attached hydrogen (secondary N) is 1. The molecular formula is C71H139NO5. The highest BCUT2D eigenvalue weighted by Crippen LogP contribution is 2.19. The zero-order valence-corrected chi connectivity index (χ0v) is 52.5. The normalized spacial score (nSPS) is 12.5. The topological polar surface area (TPSA) is 95.9 Å². The van der Waals surface area contributed by atoms with Gasteiger partial charge in [0.05, 0.1) is 25.4 Å². The molecule has 458 valence electrons. The van der Waals surface area contributed by atoms with Crippen LogP contribution in [0, 0.1) is 0 Å². The number of aliphatic hydroxyl groups is 2. The number of carbonyl (C=O) groups is 2. The monoisotopic (exact) mass is 1090 g/mol. The second-order valence-electron chi connectivity index (χ2n) is 24.6. The highest BCUT2D eigenvalue weighted by atomic mass is 16.5. The lowest BCUT2D eigenvalue weighted by Crippen LogP contribution is -2.45. The minimum Gasteiger partial charge on any atom is -0.466 e. The Bertz CT molecular complexity index is 1160. The Balaban J connectivity index is 3.37. The van der Waals surface area contributed by atoms with Crippen molar-refractivity contribution in [3.63, 3.8) is 0 Å². The fourth-order valence-corrected chi connectivity index (χ4v) is 11.4. The number of rotatable bonds is 67. The van der Waals surface area contributed by atoms with Gasteiger partial charge in [0.25, 0.3) is 0 Å². The first-order valence-electron chi connectivity index (χ1n) is 35.4. The molecule has 1 amide bonds. The molecule has 0 aliphatic heterocycles. The first-order valence-corrected chi connectivity index (χ1v) is 35.4. The third-order valence-electron chi connectivity index (χ3n) is 16.8. The van der Waals surface area contributed by atoms with Crippen molar-refractivity contribution in [3.8, 4) is 0 Å². The number of unbranched alkanes of at least 4 members (excludes halogenated alkanes) is 54. The molecule has 0 aromatic heterocycles. The standard InChI is InChI=1S/C71H139NO5/c1-3-5-7-9-11-13-15-17-18-19-20-21-24-27-30-33-36-40-43-47-51-55-59-63-69(74)68(67-73)72-70(75)64-60-56-52-48-44-41-37-34-31-28-25-22-23-26-29-32-35-38-42-46-50-54-58-62-66-77-71(76)65-61-57-53-49-45-39-16-14-12-10-8-6-4-2/h14,16,68-69,73-74H,3-13,15,17-67H2,1-2H3,(H,72,75)/b16-14-. The van der Waals surface area contributed by atoms with Gasteiger partial charge in [-0.3, -0.25) is 9.59 Å². The van der Waals surface area contributed by atoms with Crippen molar-refractivity contribution in [3.05, 3.63) is 12.2 Å². The summed E-state index contributed by atoms with van der Waals surface area (Å²) >= 11 is 0. The van der Waals surface area contributed by atoms with Crippen LogP contribution in [0.1, 0.15) is 406 Å². The lowest BCUT2D eigenvalue weighted by Gasteiger charge is -2.22. The van der Waals surface area contributed by atoms with Gasteiger partial charge in [0.15, 0.2) is 0 Å². The van der Waals surface area contributed by atoms with Gasteiger partial charge in [-0.2, -0.15) is 0 Å². The highest BCUT2D eigenvalue weighted by Gasteiger charge is 2.20. The van der Waals surface area contributed by atoms with Crippen LogP contribution < -0.4 is 5.32 Å². The van der Waals surface area contributed by atoms with Crippen LogP contribution in [0.5, 0.6) is 0 Å². The Morgan fingerprint density at radius 2 is 0.610 bits per heavy atom. The van der Waals surface area contributed by atoms with E-state index in [-0.39, 0.29) is 18.5 Å². The molecule has 0 aromatic carbocycles. The Morgan fingerprint density at radius 1 is 0.351 bits per heavy atom. The lowest BCUT2D eigenvalue weighted by atomic mass is 10.0. The maximum atomic E-state index is 12.6. The number of aliphatic hydroxyl groups excluding tert-OH is 2. The van der Waals surface area contributed by atoms with Crippen LogP contribution in [-0.2, 0) is 14.3 Å². The molecule has 0 bridgehead atoms. The van der Waals surface area contributed by atoms with E-state index in [0.717, 1.165) is 44.9 Å². The minimum atomic E-state index is -0.664. The lowest BCUT2D eigenvalue weighted by molar-refractivity contribution is -0.143. The Hall–Kier alpha value is -1.40. The molecule has 0 fully saturated rings. The molecule has 0 saturated heterocycles. The second kappa shape index (κ2) is 67.1. The Kier molecular flexibility index (Phi) is 65.9. The molecule has 6 heteroatoms. The van der Waals surface area contributed by atoms with E-state index in [9.17, 15) is 19.8 Å². The fourth-order valence-electron chi connectivity index (χ4n) is 11.4. The number of ether oxygens (including phenoxy) is 1. The average Bonchev–Trinajstić information content (AvgIpc) is 3.43. The van der Waals surface area contributed by atoms with Gasteiger partial charge in [-0.1, -0.05) is 353 Å².